The first-order valence-electron chi connectivity index (χ1n) is 6.16. The van der Waals surface area contributed by atoms with Crippen molar-refractivity contribution in [3.05, 3.63) is 72.6 Å². The van der Waals surface area contributed by atoms with Gasteiger partial charge in [-0.15, -0.1) is 0 Å². The van der Waals surface area contributed by atoms with Gasteiger partial charge >= 0.3 is 0 Å². The maximum atomic E-state index is 12.4. The van der Waals surface area contributed by atoms with E-state index >= 15 is 0 Å². The van der Waals surface area contributed by atoms with E-state index in [1.807, 2.05) is 54.6 Å². The zero-order valence-corrected chi connectivity index (χ0v) is 10.4. The molecule has 0 amide bonds. The highest BCUT2D eigenvalue weighted by molar-refractivity contribution is 6.07. The maximum absolute atomic E-state index is 12.4. The van der Waals surface area contributed by atoms with Crippen molar-refractivity contribution in [1.29, 1.82) is 0 Å². The Balaban J connectivity index is 1.98. The Morgan fingerprint density at radius 2 is 1.84 bits per heavy atom. The Bertz CT molecular complexity index is 718. The summed E-state index contributed by atoms with van der Waals surface area (Å²) in [6.45, 7) is 0.259. The molecule has 0 radical (unpaired) electrons. The molecule has 3 aromatic rings. The lowest BCUT2D eigenvalue weighted by atomic mass is 10.0. The Labute approximate surface area is 111 Å². The minimum atomic E-state index is 0.0699. The van der Waals surface area contributed by atoms with Crippen LogP contribution in [0.15, 0.2) is 67.0 Å². The average Bonchev–Trinajstić information content (AvgIpc) is 2.47. The van der Waals surface area contributed by atoms with Gasteiger partial charge in [0.15, 0.2) is 6.20 Å². The molecule has 0 aliphatic carbocycles. The van der Waals surface area contributed by atoms with Crippen molar-refractivity contribution < 1.29 is 9.48 Å². The van der Waals surface area contributed by atoms with Gasteiger partial charge in [0.25, 0.3) is 0 Å². The molecule has 0 unspecified atom stereocenters. The zero-order chi connectivity index (χ0) is 13.1. The topological polar surface area (TPSA) is 33.8 Å². The molecule has 3 rings (SSSR count). The Morgan fingerprint density at radius 3 is 2.68 bits per heavy atom. The van der Waals surface area contributed by atoms with E-state index in [-0.39, 0.29) is 12.3 Å². The summed E-state index contributed by atoms with van der Waals surface area (Å²) < 4.78 is 1.64. The molecule has 2 aromatic carbocycles. The van der Waals surface area contributed by atoms with Gasteiger partial charge in [0, 0.05) is 11.6 Å². The molecule has 0 saturated heterocycles. The van der Waals surface area contributed by atoms with Gasteiger partial charge in [-0.25, -0.2) is 0 Å². The van der Waals surface area contributed by atoms with Crippen LogP contribution in [-0.2, 0) is 6.54 Å². The van der Waals surface area contributed by atoms with E-state index in [1.165, 1.54) is 0 Å². The number of ketones is 1. The number of hydrogen-bond acceptors (Lipinski definition) is 2. The lowest BCUT2D eigenvalue weighted by Crippen LogP contribution is -2.40. The number of hydrogen-bond donors (Lipinski definition) is 0. The summed E-state index contributed by atoms with van der Waals surface area (Å²) >= 11 is 0. The van der Waals surface area contributed by atoms with Crippen molar-refractivity contribution in [3.63, 3.8) is 0 Å². The first kappa shape index (κ1) is 11.5. The second-order valence-electron chi connectivity index (χ2n) is 4.35. The van der Waals surface area contributed by atoms with E-state index < -0.39 is 0 Å². The molecule has 0 spiro atoms. The molecule has 0 aliphatic heterocycles. The van der Waals surface area contributed by atoms with E-state index in [9.17, 15) is 4.79 Å². The number of fused-ring (bicyclic) bond motifs is 1. The molecule has 0 N–H and O–H groups in total. The summed E-state index contributed by atoms with van der Waals surface area (Å²) in [5.41, 5.74) is 0.747. The number of carbonyl (C=O) groups is 1. The number of benzene rings is 2. The maximum Gasteiger partial charge on any atom is 0.236 e. The van der Waals surface area contributed by atoms with Crippen LogP contribution in [0.3, 0.4) is 0 Å². The van der Waals surface area contributed by atoms with Crippen LogP contribution in [0, 0.1) is 0 Å². The van der Waals surface area contributed by atoms with E-state index in [4.69, 9.17) is 0 Å². The fourth-order valence-electron chi connectivity index (χ4n) is 2.16. The van der Waals surface area contributed by atoms with Gasteiger partial charge in [0.05, 0.1) is 6.20 Å². The molecular formula is C16H13N2O+. The van der Waals surface area contributed by atoms with Crippen molar-refractivity contribution in [2.45, 2.75) is 6.54 Å². The van der Waals surface area contributed by atoms with Gasteiger partial charge in [-0.05, 0) is 21.9 Å². The van der Waals surface area contributed by atoms with Crippen LogP contribution in [-0.4, -0.2) is 10.9 Å². The summed E-state index contributed by atoms with van der Waals surface area (Å²) in [6, 6.07) is 17.4. The standard InChI is InChI=1S/C16H13N2O/c19-16(12-18-11-4-3-10-17-18)15-9-5-7-13-6-1-2-8-14(13)15/h1-11H,12H2/q+1. The monoisotopic (exact) mass is 249 g/mol. The van der Waals surface area contributed by atoms with Crippen LogP contribution >= 0.6 is 0 Å². The number of aromatic nitrogens is 2. The van der Waals surface area contributed by atoms with Gasteiger partial charge in [0.1, 0.15) is 0 Å². The van der Waals surface area contributed by atoms with Crippen molar-refractivity contribution >= 4 is 16.6 Å². The predicted octanol–water partition coefficient (Wildman–Crippen LogP) is 2.41. The van der Waals surface area contributed by atoms with Gasteiger partial charge in [-0.3, -0.25) is 4.79 Å². The summed E-state index contributed by atoms with van der Waals surface area (Å²) in [5.74, 6) is 0.0699. The van der Waals surface area contributed by atoms with Crippen LogP contribution in [0.5, 0.6) is 0 Å². The third-order valence-corrected chi connectivity index (χ3v) is 3.07. The predicted molar refractivity (Wildman–Crippen MR) is 72.7 cm³/mol. The molecule has 3 nitrogen and oxygen atoms in total. The third kappa shape index (κ3) is 2.36. The SMILES string of the molecule is O=C(C[n+]1ccccn1)c1cccc2ccccc12. The number of Topliss-reactive ketones (excluding diaryl/α,β-unsaturated/α-hetero) is 1. The van der Waals surface area contributed by atoms with Gasteiger partial charge in [0.2, 0.25) is 12.3 Å². The van der Waals surface area contributed by atoms with Crippen molar-refractivity contribution in [1.82, 2.24) is 5.10 Å². The summed E-state index contributed by atoms with van der Waals surface area (Å²) in [6.07, 6.45) is 3.47. The normalized spacial score (nSPS) is 10.5. The Kier molecular flexibility index (Phi) is 3.02. The molecule has 0 saturated carbocycles. The van der Waals surface area contributed by atoms with E-state index in [2.05, 4.69) is 5.10 Å². The fourth-order valence-corrected chi connectivity index (χ4v) is 2.16. The van der Waals surface area contributed by atoms with Crippen LogP contribution in [0.25, 0.3) is 10.8 Å². The number of nitrogens with zero attached hydrogens (tertiary/aromatic N) is 2. The zero-order valence-electron chi connectivity index (χ0n) is 10.4. The molecule has 1 aromatic heterocycles. The number of rotatable bonds is 3. The summed E-state index contributed by atoms with van der Waals surface area (Å²) in [5, 5.41) is 6.20. The molecule has 1 heterocycles. The van der Waals surface area contributed by atoms with Crippen LogP contribution in [0.4, 0.5) is 0 Å². The lowest BCUT2D eigenvalue weighted by molar-refractivity contribution is -0.741. The highest BCUT2D eigenvalue weighted by Gasteiger charge is 2.15. The Hall–Kier alpha value is -2.55. The summed E-state index contributed by atoms with van der Waals surface area (Å²) in [7, 11) is 0. The van der Waals surface area contributed by atoms with Crippen LogP contribution in [0.2, 0.25) is 0 Å². The highest BCUT2D eigenvalue weighted by Crippen LogP contribution is 2.18. The van der Waals surface area contributed by atoms with Crippen molar-refractivity contribution in [3.8, 4) is 0 Å². The van der Waals surface area contributed by atoms with E-state index in [0.29, 0.717) is 0 Å². The fraction of sp³-hybridized carbons (Fsp3) is 0.0625. The van der Waals surface area contributed by atoms with Gasteiger partial charge in [-0.2, -0.15) is 0 Å². The smallest absolute Gasteiger partial charge is 0.236 e. The van der Waals surface area contributed by atoms with Crippen LogP contribution < -0.4 is 4.68 Å². The second-order valence-corrected chi connectivity index (χ2v) is 4.35. The van der Waals surface area contributed by atoms with E-state index in [1.54, 1.807) is 17.1 Å². The molecule has 19 heavy (non-hydrogen) atoms. The largest absolute Gasteiger partial charge is 0.287 e. The first-order valence-corrected chi connectivity index (χ1v) is 6.16. The van der Waals surface area contributed by atoms with E-state index in [0.717, 1.165) is 16.3 Å². The van der Waals surface area contributed by atoms with Crippen LogP contribution in [0.1, 0.15) is 10.4 Å². The van der Waals surface area contributed by atoms with Crippen molar-refractivity contribution in [2.75, 3.05) is 0 Å². The van der Waals surface area contributed by atoms with Crippen molar-refractivity contribution in [2.24, 2.45) is 0 Å². The minimum absolute atomic E-state index is 0.0699. The Morgan fingerprint density at radius 1 is 1.00 bits per heavy atom. The molecule has 0 atom stereocenters. The minimum Gasteiger partial charge on any atom is -0.287 e. The average molecular weight is 249 g/mol. The quantitative estimate of drug-likeness (QED) is 0.527. The van der Waals surface area contributed by atoms with Gasteiger partial charge in [-0.1, -0.05) is 47.1 Å². The second kappa shape index (κ2) is 4.98. The molecule has 0 bridgehead atoms. The third-order valence-electron chi connectivity index (χ3n) is 3.07. The molecule has 0 aliphatic rings. The lowest BCUT2D eigenvalue weighted by Gasteiger charge is -2.03. The molecule has 92 valence electrons. The summed E-state index contributed by atoms with van der Waals surface area (Å²) in [4.78, 5) is 12.4. The molecule has 0 fully saturated rings. The van der Waals surface area contributed by atoms with Gasteiger partial charge < -0.3 is 0 Å². The number of carbonyl (C=O) groups excluding carboxylic acids is 1. The molecular weight excluding hydrogens is 236 g/mol. The first-order chi connectivity index (χ1) is 9.34. The highest BCUT2D eigenvalue weighted by atomic mass is 16.1. The molecule has 3 heteroatoms.